The largest absolute Gasteiger partial charge is 0.351 e. The van der Waals surface area contributed by atoms with Crippen molar-refractivity contribution in [3.63, 3.8) is 0 Å². The molecule has 1 amide bonds. The maximum Gasteiger partial charge on any atom is 0.253 e. The summed E-state index contributed by atoms with van der Waals surface area (Å²) >= 11 is 0. The number of carbonyl (C=O) groups is 1. The zero-order valence-corrected chi connectivity index (χ0v) is 14.2. The highest BCUT2D eigenvalue weighted by molar-refractivity contribution is 5.80. The van der Waals surface area contributed by atoms with Crippen LogP contribution in [0.4, 0.5) is 4.39 Å². The number of halogens is 1. The van der Waals surface area contributed by atoms with Crippen molar-refractivity contribution in [2.75, 3.05) is 6.54 Å². The maximum absolute atomic E-state index is 13.1. The third kappa shape index (κ3) is 3.78. The van der Waals surface area contributed by atoms with E-state index in [1.807, 2.05) is 19.9 Å². The van der Waals surface area contributed by atoms with Gasteiger partial charge in [0.25, 0.3) is 5.56 Å². The van der Waals surface area contributed by atoms with Crippen LogP contribution in [0.3, 0.4) is 0 Å². The Morgan fingerprint density at radius 1 is 1.28 bits per heavy atom. The van der Waals surface area contributed by atoms with Crippen molar-refractivity contribution in [2.24, 2.45) is 5.92 Å². The molecular formula is C18H21FN4O2. The van der Waals surface area contributed by atoms with Gasteiger partial charge in [-0.25, -0.2) is 9.82 Å². The molecule has 0 saturated carbocycles. The number of pyridine rings is 1. The lowest BCUT2D eigenvalue weighted by molar-refractivity contribution is -0.125. The first-order valence-corrected chi connectivity index (χ1v) is 8.16. The van der Waals surface area contributed by atoms with E-state index in [1.165, 1.54) is 12.1 Å². The molecule has 1 aromatic carbocycles. The molecule has 25 heavy (non-hydrogen) atoms. The van der Waals surface area contributed by atoms with E-state index in [-0.39, 0.29) is 35.8 Å². The molecule has 1 aliphatic heterocycles. The smallest absolute Gasteiger partial charge is 0.253 e. The molecular weight excluding hydrogens is 323 g/mol. The fourth-order valence-corrected chi connectivity index (χ4v) is 3.13. The number of aryl methyl sites for hydroxylation is 2. The van der Waals surface area contributed by atoms with Gasteiger partial charge in [0.2, 0.25) is 5.91 Å². The third-order valence-corrected chi connectivity index (χ3v) is 4.48. The summed E-state index contributed by atoms with van der Waals surface area (Å²) in [6, 6.07) is 7.70. The molecule has 3 rings (SSSR count). The van der Waals surface area contributed by atoms with Crippen molar-refractivity contribution in [1.29, 1.82) is 0 Å². The number of hydrazine groups is 1. The number of hydrogen-bond donors (Lipinski definition) is 4. The van der Waals surface area contributed by atoms with Crippen LogP contribution < -0.4 is 21.7 Å². The van der Waals surface area contributed by atoms with E-state index in [0.717, 1.165) is 16.8 Å². The summed E-state index contributed by atoms with van der Waals surface area (Å²) in [6.07, 6.45) is 0. The van der Waals surface area contributed by atoms with Gasteiger partial charge in [-0.1, -0.05) is 12.1 Å². The van der Waals surface area contributed by atoms with E-state index in [0.29, 0.717) is 12.1 Å². The highest BCUT2D eigenvalue weighted by Gasteiger charge is 2.33. The van der Waals surface area contributed by atoms with Gasteiger partial charge in [-0.05, 0) is 43.2 Å². The molecule has 1 aliphatic rings. The fourth-order valence-electron chi connectivity index (χ4n) is 3.13. The Kier molecular flexibility index (Phi) is 4.96. The van der Waals surface area contributed by atoms with Crippen molar-refractivity contribution >= 4 is 5.91 Å². The normalized spacial score (nSPS) is 19.8. The second kappa shape index (κ2) is 7.16. The zero-order valence-electron chi connectivity index (χ0n) is 14.2. The molecule has 6 nitrogen and oxygen atoms in total. The van der Waals surface area contributed by atoms with Crippen LogP contribution in [0.1, 0.15) is 28.4 Å². The highest BCUT2D eigenvalue weighted by atomic mass is 19.1. The molecule has 7 heteroatoms. The van der Waals surface area contributed by atoms with Crippen LogP contribution >= 0.6 is 0 Å². The molecule has 1 saturated heterocycles. The van der Waals surface area contributed by atoms with E-state index in [4.69, 9.17) is 0 Å². The summed E-state index contributed by atoms with van der Waals surface area (Å²) < 4.78 is 13.1. The van der Waals surface area contributed by atoms with Crippen molar-refractivity contribution in [2.45, 2.75) is 26.4 Å². The molecule has 0 radical (unpaired) electrons. The molecule has 1 aromatic heterocycles. The molecule has 0 aliphatic carbocycles. The standard InChI is InChI=1S/C18H21FN4O2/c1-10-7-11(2)22-18(25)14(10)8-20-17(24)15-9-21-23-16(15)12-3-5-13(19)6-4-12/h3-7,15-16,21,23H,8-9H2,1-2H3,(H,20,24)(H,22,25). The van der Waals surface area contributed by atoms with Gasteiger partial charge in [0.1, 0.15) is 5.82 Å². The number of aromatic amines is 1. The van der Waals surface area contributed by atoms with E-state index in [9.17, 15) is 14.0 Å². The summed E-state index contributed by atoms with van der Waals surface area (Å²) in [5.74, 6) is -0.828. The minimum Gasteiger partial charge on any atom is -0.351 e. The van der Waals surface area contributed by atoms with Crippen molar-refractivity contribution in [3.8, 4) is 0 Å². The predicted octanol–water partition coefficient (Wildman–Crippen LogP) is 1.21. The summed E-state index contributed by atoms with van der Waals surface area (Å²) in [5, 5.41) is 2.84. The Hall–Kier alpha value is -2.51. The molecule has 4 N–H and O–H groups in total. The lowest BCUT2D eigenvalue weighted by Crippen LogP contribution is -2.36. The Morgan fingerprint density at radius 2 is 2.00 bits per heavy atom. The van der Waals surface area contributed by atoms with Crippen molar-refractivity contribution in [3.05, 3.63) is 68.9 Å². The Bertz CT molecular complexity index is 832. The third-order valence-electron chi connectivity index (χ3n) is 4.48. The monoisotopic (exact) mass is 344 g/mol. The van der Waals surface area contributed by atoms with E-state index < -0.39 is 0 Å². The minimum atomic E-state index is -0.352. The molecule has 2 heterocycles. The number of nitrogens with one attached hydrogen (secondary N) is 4. The number of hydrogen-bond acceptors (Lipinski definition) is 4. The number of benzene rings is 1. The average Bonchev–Trinajstić information content (AvgIpc) is 3.04. The first-order chi connectivity index (χ1) is 12.0. The van der Waals surface area contributed by atoms with Gasteiger partial charge < -0.3 is 10.3 Å². The van der Waals surface area contributed by atoms with Gasteiger partial charge in [0.15, 0.2) is 0 Å². The quantitative estimate of drug-likeness (QED) is 0.672. The minimum absolute atomic E-state index is 0.161. The van der Waals surface area contributed by atoms with Crippen LogP contribution in [0, 0.1) is 25.6 Å². The van der Waals surface area contributed by atoms with Gasteiger partial charge in [0, 0.05) is 24.3 Å². The van der Waals surface area contributed by atoms with Crippen LogP contribution in [-0.4, -0.2) is 17.4 Å². The molecule has 0 spiro atoms. The van der Waals surface area contributed by atoms with Gasteiger partial charge in [-0.2, -0.15) is 0 Å². The van der Waals surface area contributed by atoms with Crippen LogP contribution in [-0.2, 0) is 11.3 Å². The number of amides is 1. The summed E-state index contributed by atoms with van der Waals surface area (Å²) in [7, 11) is 0. The number of rotatable bonds is 4. The molecule has 2 unspecified atom stereocenters. The molecule has 1 fully saturated rings. The predicted molar refractivity (Wildman–Crippen MR) is 92.2 cm³/mol. The van der Waals surface area contributed by atoms with Crippen LogP contribution in [0.15, 0.2) is 35.1 Å². The molecule has 0 bridgehead atoms. The second-order valence-electron chi connectivity index (χ2n) is 6.32. The number of H-pyrrole nitrogens is 1. The van der Waals surface area contributed by atoms with Gasteiger partial charge in [0.05, 0.1) is 12.0 Å². The first-order valence-electron chi connectivity index (χ1n) is 8.16. The van der Waals surface area contributed by atoms with Gasteiger partial charge >= 0.3 is 0 Å². The van der Waals surface area contributed by atoms with Crippen LogP contribution in [0.25, 0.3) is 0 Å². The van der Waals surface area contributed by atoms with Crippen LogP contribution in [0.2, 0.25) is 0 Å². The second-order valence-corrected chi connectivity index (χ2v) is 6.32. The Labute approximate surface area is 144 Å². The van der Waals surface area contributed by atoms with E-state index >= 15 is 0 Å². The number of carbonyl (C=O) groups excluding carboxylic acids is 1. The fraction of sp³-hybridized carbons (Fsp3) is 0.333. The average molecular weight is 344 g/mol. The number of aromatic nitrogens is 1. The molecule has 2 atom stereocenters. The SMILES string of the molecule is Cc1cc(C)c(CNC(=O)C2CNNC2c2ccc(F)cc2)c(=O)[nH]1. The van der Waals surface area contributed by atoms with Crippen LogP contribution in [0.5, 0.6) is 0 Å². The molecule has 2 aromatic rings. The van der Waals surface area contributed by atoms with Crippen molar-refractivity contribution < 1.29 is 9.18 Å². The first kappa shape index (κ1) is 17.3. The van der Waals surface area contributed by atoms with E-state index in [2.05, 4.69) is 21.2 Å². The Morgan fingerprint density at radius 3 is 2.68 bits per heavy atom. The topological polar surface area (TPSA) is 86.0 Å². The highest BCUT2D eigenvalue weighted by Crippen LogP contribution is 2.25. The van der Waals surface area contributed by atoms with E-state index in [1.54, 1.807) is 12.1 Å². The maximum atomic E-state index is 13.1. The summed E-state index contributed by atoms with van der Waals surface area (Å²) in [4.78, 5) is 27.4. The summed E-state index contributed by atoms with van der Waals surface area (Å²) in [5.41, 5.74) is 8.86. The molecule has 132 valence electrons. The zero-order chi connectivity index (χ0) is 18.0. The Balaban J connectivity index is 1.70. The van der Waals surface area contributed by atoms with Gasteiger partial charge in [-0.15, -0.1) is 0 Å². The van der Waals surface area contributed by atoms with Crippen molar-refractivity contribution in [1.82, 2.24) is 21.2 Å². The lowest BCUT2D eigenvalue weighted by Gasteiger charge is -2.18. The van der Waals surface area contributed by atoms with Gasteiger partial charge in [-0.3, -0.25) is 15.0 Å². The summed E-state index contributed by atoms with van der Waals surface area (Å²) in [6.45, 7) is 4.30. The lowest BCUT2D eigenvalue weighted by atomic mass is 9.94.